The molecule has 0 aliphatic rings. The fourth-order valence-electron chi connectivity index (χ4n) is 3.33. The molecule has 11 heteroatoms. The maximum atomic E-state index is 13.0. The van der Waals surface area contributed by atoms with Gasteiger partial charge >= 0.3 is 0 Å². The number of carbonyl (C=O) groups is 2. The fraction of sp³-hybridized carbons (Fsp3) is 0.0909. The van der Waals surface area contributed by atoms with Crippen LogP contribution in [-0.2, 0) is 13.6 Å². The van der Waals surface area contributed by atoms with E-state index in [-0.39, 0.29) is 17.8 Å². The van der Waals surface area contributed by atoms with Crippen molar-refractivity contribution in [3.63, 3.8) is 0 Å². The Bertz CT molecular complexity index is 1440. The Balaban J connectivity index is 1.35. The number of aryl methyl sites for hydroxylation is 1. The number of rotatable bonds is 6. The lowest BCUT2D eigenvalue weighted by Crippen LogP contribution is -2.26. The van der Waals surface area contributed by atoms with Gasteiger partial charge in [0.15, 0.2) is 5.76 Å². The molecule has 0 aliphatic carbocycles. The van der Waals surface area contributed by atoms with Crippen LogP contribution in [0.15, 0.2) is 71.8 Å². The van der Waals surface area contributed by atoms with Crippen molar-refractivity contribution in [2.75, 3.05) is 5.32 Å². The highest BCUT2D eigenvalue weighted by molar-refractivity contribution is 6.10. The monoisotopic (exact) mass is 442 g/mol. The summed E-state index contributed by atoms with van der Waals surface area (Å²) in [5.74, 6) is 0.235. The molecule has 0 spiro atoms. The molecule has 0 radical (unpaired) electrons. The first kappa shape index (κ1) is 20.1. The number of nitrogens with zero attached hydrogens (tertiary/aromatic N) is 6. The van der Waals surface area contributed by atoms with Gasteiger partial charge in [-0.15, -0.1) is 0 Å². The van der Waals surface area contributed by atoms with Crippen molar-refractivity contribution in [1.82, 2.24) is 34.6 Å². The Labute approximate surface area is 187 Å². The second-order valence-corrected chi connectivity index (χ2v) is 7.16. The first-order valence-electron chi connectivity index (χ1n) is 10.0. The van der Waals surface area contributed by atoms with Crippen LogP contribution in [0.1, 0.15) is 26.6 Å². The summed E-state index contributed by atoms with van der Waals surface area (Å²) in [6.45, 7) is 0.136. The van der Waals surface area contributed by atoms with E-state index in [1.54, 1.807) is 29.8 Å². The average molecular weight is 442 g/mol. The number of imidazole rings is 1. The summed E-state index contributed by atoms with van der Waals surface area (Å²) in [5, 5.41) is 13.0. The van der Waals surface area contributed by atoms with Crippen molar-refractivity contribution in [3.8, 4) is 11.3 Å². The molecule has 4 aromatic heterocycles. The van der Waals surface area contributed by atoms with E-state index in [0.29, 0.717) is 17.4 Å². The van der Waals surface area contributed by atoms with E-state index in [0.717, 1.165) is 11.3 Å². The number of hydrogen-bond donors (Lipinski definition) is 2. The zero-order valence-electron chi connectivity index (χ0n) is 17.5. The minimum Gasteiger partial charge on any atom is -0.360 e. The van der Waals surface area contributed by atoms with Gasteiger partial charge in [-0.2, -0.15) is 10.1 Å². The fourth-order valence-corrected chi connectivity index (χ4v) is 3.33. The molecule has 164 valence electrons. The molecule has 11 nitrogen and oxygen atoms in total. The molecule has 0 aliphatic heterocycles. The molecule has 0 bridgehead atoms. The van der Waals surface area contributed by atoms with Gasteiger partial charge in [0.2, 0.25) is 5.78 Å². The summed E-state index contributed by atoms with van der Waals surface area (Å²) in [6, 6.07) is 13.0. The third-order valence-corrected chi connectivity index (χ3v) is 4.95. The summed E-state index contributed by atoms with van der Waals surface area (Å²) in [4.78, 5) is 34.5. The molecule has 0 saturated heterocycles. The molecular formula is C22H18N8O3. The molecule has 0 atom stereocenters. The lowest BCUT2D eigenvalue weighted by Gasteiger charge is -2.08. The van der Waals surface area contributed by atoms with Crippen molar-refractivity contribution >= 4 is 23.4 Å². The first-order chi connectivity index (χ1) is 16.1. The molecule has 0 fully saturated rings. The largest absolute Gasteiger partial charge is 0.360 e. The number of amides is 2. The highest BCUT2D eigenvalue weighted by atomic mass is 16.5. The van der Waals surface area contributed by atoms with Gasteiger partial charge in [0.05, 0.1) is 30.2 Å². The zero-order valence-corrected chi connectivity index (χ0v) is 17.5. The first-order valence-corrected chi connectivity index (χ1v) is 10.0. The maximum absolute atomic E-state index is 13.0. The van der Waals surface area contributed by atoms with Crippen LogP contribution >= 0.6 is 0 Å². The molecule has 0 saturated carbocycles. The predicted molar refractivity (Wildman–Crippen MR) is 117 cm³/mol. The van der Waals surface area contributed by atoms with Crippen LogP contribution in [0, 0.1) is 0 Å². The van der Waals surface area contributed by atoms with E-state index in [9.17, 15) is 9.59 Å². The van der Waals surface area contributed by atoms with Crippen LogP contribution in [0.3, 0.4) is 0 Å². The van der Waals surface area contributed by atoms with Crippen LogP contribution in [0.2, 0.25) is 0 Å². The molecule has 0 unspecified atom stereocenters. The van der Waals surface area contributed by atoms with Gasteiger partial charge in [-0.3, -0.25) is 18.7 Å². The van der Waals surface area contributed by atoms with Crippen molar-refractivity contribution in [2.24, 2.45) is 7.05 Å². The highest BCUT2D eigenvalue weighted by Gasteiger charge is 2.23. The van der Waals surface area contributed by atoms with Crippen molar-refractivity contribution in [2.45, 2.75) is 6.54 Å². The number of aromatic nitrogens is 6. The van der Waals surface area contributed by atoms with Crippen molar-refractivity contribution in [1.29, 1.82) is 0 Å². The summed E-state index contributed by atoms with van der Waals surface area (Å²) >= 11 is 0. The summed E-state index contributed by atoms with van der Waals surface area (Å²) in [7, 11) is 1.58. The molecule has 2 amide bonds. The Morgan fingerprint density at radius 1 is 1.06 bits per heavy atom. The number of benzene rings is 1. The normalized spacial score (nSPS) is 10.9. The second kappa shape index (κ2) is 8.38. The standard InChI is InChI=1S/C22H18N8O3/c1-29-19(16(12-24-29)20(31)23-11-15-7-9-25-33-15)21(32)27-18-8-10-30-13-17(26-22(30)28-18)14-5-3-2-4-6-14/h2-10,12-13H,11H2,1H3,(H,23,31)(H,26,27,28,32). The number of nitrogens with one attached hydrogen (secondary N) is 2. The minimum absolute atomic E-state index is 0.0973. The Kier molecular flexibility index (Phi) is 5.11. The van der Waals surface area contributed by atoms with Gasteiger partial charge in [0.1, 0.15) is 11.5 Å². The quantitative estimate of drug-likeness (QED) is 0.412. The van der Waals surface area contributed by atoms with Crippen LogP contribution in [0.25, 0.3) is 17.0 Å². The number of anilines is 1. The summed E-state index contributed by atoms with van der Waals surface area (Å²) < 4.78 is 8.07. The molecular weight excluding hydrogens is 424 g/mol. The smallest absolute Gasteiger partial charge is 0.275 e. The van der Waals surface area contributed by atoms with Gasteiger partial charge in [-0.25, -0.2) is 4.98 Å². The van der Waals surface area contributed by atoms with Crippen molar-refractivity contribution < 1.29 is 14.1 Å². The van der Waals surface area contributed by atoms with Crippen LogP contribution < -0.4 is 10.6 Å². The Hall–Kier alpha value is -4.80. The molecule has 1 aromatic carbocycles. The van der Waals surface area contributed by atoms with Gasteiger partial charge in [-0.05, 0) is 6.07 Å². The van der Waals surface area contributed by atoms with E-state index in [2.05, 4.69) is 30.9 Å². The summed E-state index contributed by atoms with van der Waals surface area (Å²) in [6.07, 6.45) is 6.44. The topological polar surface area (TPSA) is 132 Å². The predicted octanol–water partition coefficient (Wildman–Crippen LogP) is 2.30. The number of carbonyl (C=O) groups excluding carboxylic acids is 2. The second-order valence-electron chi connectivity index (χ2n) is 7.16. The van der Waals surface area contributed by atoms with E-state index >= 15 is 0 Å². The van der Waals surface area contributed by atoms with Gasteiger partial charge in [-0.1, -0.05) is 35.5 Å². The van der Waals surface area contributed by atoms with Crippen molar-refractivity contribution in [3.05, 3.63) is 84.3 Å². The van der Waals surface area contributed by atoms with Crippen LogP contribution in [0.4, 0.5) is 5.82 Å². The van der Waals surface area contributed by atoms with Crippen LogP contribution in [0.5, 0.6) is 0 Å². The third kappa shape index (κ3) is 4.06. The lowest BCUT2D eigenvalue weighted by molar-refractivity contribution is 0.0933. The minimum atomic E-state index is -0.522. The van der Waals surface area contributed by atoms with Crippen LogP contribution in [-0.4, -0.2) is 41.1 Å². The summed E-state index contributed by atoms with van der Waals surface area (Å²) in [5.41, 5.74) is 1.95. The maximum Gasteiger partial charge on any atom is 0.275 e. The molecule has 33 heavy (non-hydrogen) atoms. The Morgan fingerprint density at radius 3 is 2.70 bits per heavy atom. The number of hydrogen-bond acceptors (Lipinski definition) is 7. The molecule has 5 aromatic rings. The van der Waals surface area contributed by atoms with Gasteiger partial charge in [0.25, 0.3) is 11.8 Å². The highest BCUT2D eigenvalue weighted by Crippen LogP contribution is 2.19. The average Bonchev–Trinajstić information content (AvgIpc) is 3.57. The Morgan fingerprint density at radius 2 is 1.91 bits per heavy atom. The zero-order chi connectivity index (χ0) is 22.8. The van der Waals surface area contributed by atoms with Gasteiger partial charge < -0.3 is 15.2 Å². The van der Waals surface area contributed by atoms with E-state index in [1.807, 2.05) is 36.5 Å². The molecule has 4 heterocycles. The van der Waals surface area contributed by atoms with Gasteiger partial charge in [0, 0.05) is 31.1 Å². The lowest BCUT2D eigenvalue weighted by atomic mass is 10.2. The van der Waals surface area contributed by atoms with E-state index in [1.165, 1.54) is 17.1 Å². The molecule has 5 rings (SSSR count). The number of fused-ring (bicyclic) bond motifs is 1. The van der Waals surface area contributed by atoms with E-state index < -0.39 is 11.8 Å². The third-order valence-electron chi connectivity index (χ3n) is 4.95. The SMILES string of the molecule is Cn1ncc(C(=O)NCc2ccno2)c1C(=O)Nc1ccn2cc(-c3ccccc3)nc2n1. The molecule has 2 N–H and O–H groups in total. The van der Waals surface area contributed by atoms with E-state index in [4.69, 9.17) is 4.52 Å².